The Labute approximate surface area is 102 Å². The summed E-state index contributed by atoms with van der Waals surface area (Å²) in [7, 11) is 4.29. The van der Waals surface area contributed by atoms with Crippen molar-refractivity contribution in [2.45, 2.75) is 25.7 Å². The highest BCUT2D eigenvalue weighted by atomic mass is 19.1. The Morgan fingerprint density at radius 2 is 2.12 bits per heavy atom. The third-order valence-corrected chi connectivity index (χ3v) is 3.05. The Kier molecular flexibility index (Phi) is 4.00. The van der Waals surface area contributed by atoms with Gasteiger partial charge in [-0.3, -0.25) is 0 Å². The Hall–Kier alpha value is -1.09. The Balaban J connectivity index is 0.000000127. The molecule has 2 heterocycles. The highest BCUT2D eigenvalue weighted by Crippen LogP contribution is 2.33. The molecule has 0 radical (unpaired) electrons. The normalized spacial score (nSPS) is 15.3. The SMILES string of the molecule is CN(C)CCCC1CC1.Fc1cc2ccc1o2. The lowest BCUT2D eigenvalue weighted by molar-refractivity contribution is 0.389. The summed E-state index contributed by atoms with van der Waals surface area (Å²) in [5.41, 5.74) is 0.956. The molecule has 0 atom stereocenters. The number of halogens is 1. The Morgan fingerprint density at radius 3 is 2.47 bits per heavy atom. The molecule has 1 aliphatic carbocycles. The van der Waals surface area contributed by atoms with Crippen LogP contribution in [0.5, 0.6) is 0 Å². The molecule has 1 saturated carbocycles. The van der Waals surface area contributed by atoms with Crippen LogP contribution in [0.3, 0.4) is 0 Å². The topological polar surface area (TPSA) is 16.4 Å². The summed E-state index contributed by atoms with van der Waals surface area (Å²) >= 11 is 0. The van der Waals surface area contributed by atoms with Crippen molar-refractivity contribution in [1.82, 2.24) is 4.90 Å². The average molecular weight is 237 g/mol. The molecule has 2 aromatic heterocycles. The van der Waals surface area contributed by atoms with Crippen LogP contribution in [-0.2, 0) is 0 Å². The van der Waals surface area contributed by atoms with E-state index in [9.17, 15) is 4.39 Å². The van der Waals surface area contributed by atoms with Gasteiger partial charge in [0.05, 0.1) is 0 Å². The van der Waals surface area contributed by atoms with Crippen molar-refractivity contribution in [2.24, 2.45) is 5.92 Å². The minimum Gasteiger partial charge on any atom is -0.454 e. The Morgan fingerprint density at radius 1 is 1.35 bits per heavy atom. The second-order valence-electron chi connectivity index (χ2n) is 5.08. The van der Waals surface area contributed by atoms with Crippen molar-refractivity contribution in [3.05, 3.63) is 24.0 Å². The average Bonchev–Trinajstić information content (AvgIpc) is 2.87. The smallest absolute Gasteiger partial charge is 0.169 e. The fourth-order valence-corrected chi connectivity index (χ4v) is 1.86. The summed E-state index contributed by atoms with van der Waals surface area (Å²) in [6.07, 6.45) is 5.89. The number of fused-ring (bicyclic) bond motifs is 2. The molecular weight excluding hydrogens is 217 g/mol. The van der Waals surface area contributed by atoms with E-state index in [1.54, 1.807) is 12.1 Å². The second kappa shape index (κ2) is 5.50. The van der Waals surface area contributed by atoms with Crippen LogP contribution >= 0.6 is 0 Å². The van der Waals surface area contributed by atoms with Gasteiger partial charge in [0, 0.05) is 6.07 Å². The number of hydrogen-bond donors (Lipinski definition) is 0. The second-order valence-corrected chi connectivity index (χ2v) is 5.08. The summed E-state index contributed by atoms with van der Waals surface area (Å²) < 4.78 is 17.1. The number of rotatable bonds is 4. The monoisotopic (exact) mass is 237 g/mol. The standard InChI is InChI=1S/C8H17N.C6H3FO/c1-9(2)7-3-4-8-5-6-8;7-5-3-4-1-2-6(5)8-4/h8H,3-7H2,1-2H3;1-3H. The van der Waals surface area contributed by atoms with E-state index in [1.807, 2.05) is 0 Å². The van der Waals surface area contributed by atoms with E-state index in [1.165, 1.54) is 38.3 Å². The molecule has 0 amide bonds. The molecule has 94 valence electrons. The molecule has 0 N–H and O–H groups in total. The number of hydrogen-bond acceptors (Lipinski definition) is 2. The molecule has 0 aromatic carbocycles. The van der Waals surface area contributed by atoms with Crippen LogP contribution in [0.15, 0.2) is 22.6 Å². The van der Waals surface area contributed by atoms with Crippen molar-refractivity contribution in [1.29, 1.82) is 0 Å². The maximum Gasteiger partial charge on any atom is 0.169 e. The van der Waals surface area contributed by atoms with Gasteiger partial charge in [-0.2, -0.15) is 0 Å². The first kappa shape index (κ1) is 12.4. The van der Waals surface area contributed by atoms with E-state index in [4.69, 9.17) is 4.42 Å². The van der Waals surface area contributed by atoms with Crippen LogP contribution in [0.25, 0.3) is 11.2 Å². The quantitative estimate of drug-likeness (QED) is 0.805. The van der Waals surface area contributed by atoms with Gasteiger partial charge in [0.15, 0.2) is 11.4 Å². The van der Waals surface area contributed by atoms with Crippen LogP contribution in [-0.4, -0.2) is 25.5 Å². The van der Waals surface area contributed by atoms with Gasteiger partial charge in [0.25, 0.3) is 0 Å². The summed E-state index contributed by atoms with van der Waals surface area (Å²) in [6, 6.07) is 4.72. The van der Waals surface area contributed by atoms with Crippen LogP contribution in [0.2, 0.25) is 0 Å². The molecule has 1 aliphatic rings. The van der Waals surface area contributed by atoms with Crippen LogP contribution < -0.4 is 0 Å². The first-order valence-corrected chi connectivity index (χ1v) is 6.27. The number of nitrogens with zero attached hydrogens (tertiary/aromatic N) is 1. The van der Waals surface area contributed by atoms with E-state index >= 15 is 0 Å². The van der Waals surface area contributed by atoms with Gasteiger partial charge in [-0.15, -0.1) is 0 Å². The van der Waals surface area contributed by atoms with Crippen molar-refractivity contribution < 1.29 is 8.81 Å². The fraction of sp³-hybridized carbons (Fsp3) is 0.571. The van der Waals surface area contributed by atoms with Gasteiger partial charge >= 0.3 is 0 Å². The third-order valence-electron chi connectivity index (χ3n) is 3.05. The molecule has 2 aromatic rings. The molecular formula is C14H20FNO. The molecule has 3 heteroatoms. The van der Waals surface area contributed by atoms with Crippen molar-refractivity contribution >= 4 is 11.2 Å². The first-order valence-electron chi connectivity index (χ1n) is 6.27. The minimum absolute atomic E-state index is 0.262. The lowest BCUT2D eigenvalue weighted by atomic mass is 10.2. The summed E-state index contributed by atoms with van der Waals surface area (Å²) in [4.78, 5) is 2.27. The van der Waals surface area contributed by atoms with Gasteiger partial charge in [-0.25, -0.2) is 4.39 Å². The molecule has 17 heavy (non-hydrogen) atoms. The van der Waals surface area contributed by atoms with Crippen LogP contribution in [0.1, 0.15) is 25.7 Å². The number of furan rings is 2. The molecule has 0 saturated heterocycles. The summed E-state index contributed by atoms with van der Waals surface area (Å²) in [5, 5.41) is 0. The zero-order valence-corrected chi connectivity index (χ0v) is 10.6. The highest BCUT2D eigenvalue weighted by molar-refractivity contribution is 5.60. The highest BCUT2D eigenvalue weighted by Gasteiger charge is 2.19. The van der Waals surface area contributed by atoms with E-state index in [-0.39, 0.29) is 5.82 Å². The molecule has 2 nitrogen and oxygen atoms in total. The van der Waals surface area contributed by atoms with E-state index < -0.39 is 0 Å². The zero-order valence-electron chi connectivity index (χ0n) is 10.6. The zero-order chi connectivity index (χ0) is 12.3. The number of benzene rings is 1. The van der Waals surface area contributed by atoms with Crippen molar-refractivity contribution in [3.63, 3.8) is 0 Å². The predicted octanol–water partition coefficient (Wildman–Crippen LogP) is 3.75. The van der Waals surface area contributed by atoms with Crippen LogP contribution in [0.4, 0.5) is 4.39 Å². The van der Waals surface area contributed by atoms with Gasteiger partial charge < -0.3 is 9.32 Å². The molecule has 2 bridgehead atoms. The lowest BCUT2D eigenvalue weighted by Gasteiger charge is -2.07. The van der Waals surface area contributed by atoms with Crippen molar-refractivity contribution in [3.8, 4) is 0 Å². The van der Waals surface area contributed by atoms with Gasteiger partial charge in [-0.1, -0.05) is 12.8 Å². The summed E-state index contributed by atoms with van der Waals surface area (Å²) in [6.45, 7) is 1.27. The molecule has 3 rings (SSSR count). The summed E-state index contributed by atoms with van der Waals surface area (Å²) in [5.74, 6) is 0.854. The third kappa shape index (κ3) is 4.00. The lowest BCUT2D eigenvalue weighted by Crippen LogP contribution is -2.12. The van der Waals surface area contributed by atoms with Crippen molar-refractivity contribution in [2.75, 3.05) is 20.6 Å². The molecule has 0 spiro atoms. The predicted molar refractivity (Wildman–Crippen MR) is 67.9 cm³/mol. The maximum absolute atomic E-state index is 12.2. The maximum atomic E-state index is 12.2. The van der Waals surface area contributed by atoms with Gasteiger partial charge in [0.2, 0.25) is 0 Å². The minimum atomic E-state index is -0.262. The first-order chi connectivity index (χ1) is 8.15. The van der Waals surface area contributed by atoms with E-state index in [2.05, 4.69) is 19.0 Å². The Bertz CT molecular complexity index is 431. The van der Waals surface area contributed by atoms with Gasteiger partial charge in [-0.05, 0) is 51.5 Å². The van der Waals surface area contributed by atoms with E-state index in [0.717, 1.165) is 5.92 Å². The molecule has 0 aliphatic heterocycles. The molecule has 1 fully saturated rings. The fourth-order valence-electron chi connectivity index (χ4n) is 1.86. The van der Waals surface area contributed by atoms with Crippen LogP contribution in [0, 0.1) is 11.7 Å². The largest absolute Gasteiger partial charge is 0.454 e. The molecule has 0 unspecified atom stereocenters. The van der Waals surface area contributed by atoms with E-state index in [0.29, 0.717) is 11.2 Å². The van der Waals surface area contributed by atoms with Gasteiger partial charge in [0.1, 0.15) is 5.58 Å².